The number of aromatic nitrogens is 3. The summed E-state index contributed by atoms with van der Waals surface area (Å²) in [5.41, 5.74) is 5.72. The molecule has 3 N–H and O–H groups in total. The first-order valence-corrected chi connectivity index (χ1v) is 6.45. The average Bonchev–Trinajstić information content (AvgIpc) is 2.86. The Morgan fingerprint density at radius 1 is 1.47 bits per heavy atom. The van der Waals surface area contributed by atoms with E-state index in [1.807, 2.05) is 11.4 Å². The van der Waals surface area contributed by atoms with Crippen molar-refractivity contribution >= 4 is 38.9 Å². The van der Waals surface area contributed by atoms with Crippen LogP contribution in [0.5, 0.6) is 0 Å². The van der Waals surface area contributed by atoms with Gasteiger partial charge in [-0.25, -0.2) is 9.97 Å². The Hall–Kier alpha value is -2.41. The van der Waals surface area contributed by atoms with E-state index in [0.29, 0.717) is 11.2 Å². The van der Waals surface area contributed by atoms with Crippen molar-refractivity contribution < 1.29 is 0 Å². The standard InChI is InChI=1S/C12H11N5OS/c1-17-4-2-7-6-8(16-12-14-3-5-19-12)15-10(13)9(7)11(17)18/h2-6H,1H3,(H3,13,14,15,16). The van der Waals surface area contributed by atoms with Crippen LogP contribution in [0.25, 0.3) is 10.8 Å². The normalized spacial score (nSPS) is 10.8. The summed E-state index contributed by atoms with van der Waals surface area (Å²) in [4.78, 5) is 20.3. The Balaban J connectivity index is 2.15. The molecule has 0 fully saturated rings. The van der Waals surface area contributed by atoms with Crippen LogP contribution in [0.3, 0.4) is 0 Å². The predicted octanol–water partition coefficient (Wildman–Crippen LogP) is 1.72. The lowest BCUT2D eigenvalue weighted by molar-refractivity contribution is 0.873. The number of rotatable bonds is 2. The molecule has 0 saturated heterocycles. The van der Waals surface area contributed by atoms with Crippen molar-refractivity contribution in [2.24, 2.45) is 7.05 Å². The summed E-state index contributed by atoms with van der Waals surface area (Å²) >= 11 is 1.47. The first-order valence-electron chi connectivity index (χ1n) is 5.57. The van der Waals surface area contributed by atoms with Gasteiger partial charge in [-0.2, -0.15) is 0 Å². The monoisotopic (exact) mass is 273 g/mol. The van der Waals surface area contributed by atoms with Gasteiger partial charge in [-0.3, -0.25) is 4.79 Å². The number of nitrogens with two attached hydrogens (primary N) is 1. The molecule has 3 heterocycles. The zero-order chi connectivity index (χ0) is 13.4. The molecule has 0 radical (unpaired) electrons. The maximum Gasteiger partial charge on any atom is 0.261 e. The molecule has 0 atom stereocenters. The van der Waals surface area contributed by atoms with Crippen molar-refractivity contribution in [3.8, 4) is 0 Å². The van der Waals surface area contributed by atoms with E-state index in [1.54, 1.807) is 25.5 Å². The fourth-order valence-corrected chi connectivity index (χ4v) is 2.38. The minimum atomic E-state index is -0.150. The largest absolute Gasteiger partial charge is 0.383 e. The van der Waals surface area contributed by atoms with Gasteiger partial charge in [-0.05, 0) is 17.5 Å². The van der Waals surface area contributed by atoms with E-state index < -0.39 is 0 Å². The lowest BCUT2D eigenvalue weighted by atomic mass is 10.2. The van der Waals surface area contributed by atoms with Gasteiger partial charge in [0.25, 0.3) is 5.56 Å². The van der Waals surface area contributed by atoms with Crippen LogP contribution in [0.1, 0.15) is 0 Å². The lowest BCUT2D eigenvalue weighted by Gasteiger charge is -2.07. The summed E-state index contributed by atoms with van der Waals surface area (Å²) in [7, 11) is 1.68. The lowest BCUT2D eigenvalue weighted by Crippen LogP contribution is -2.17. The highest BCUT2D eigenvalue weighted by molar-refractivity contribution is 7.13. The van der Waals surface area contributed by atoms with Gasteiger partial charge in [0.2, 0.25) is 0 Å². The van der Waals surface area contributed by atoms with Gasteiger partial charge in [0.05, 0.1) is 5.39 Å². The summed E-state index contributed by atoms with van der Waals surface area (Å²) in [6, 6.07) is 3.62. The van der Waals surface area contributed by atoms with Gasteiger partial charge in [0.15, 0.2) is 5.13 Å². The second kappa shape index (κ2) is 4.36. The summed E-state index contributed by atoms with van der Waals surface area (Å²) in [5, 5.41) is 6.85. The molecule has 19 heavy (non-hydrogen) atoms. The molecule has 0 aliphatic heterocycles. The molecule has 96 valence electrons. The van der Waals surface area contributed by atoms with Gasteiger partial charge in [0, 0.05) is 24.8 Å². The molecule has 0 aliphatic rings. The number of fused-ring (bicyclic) bond motifs is 1. The summed E-state index contributed by atoms with van der Waals surface area (Å²) in [6.07, 6.45) is 3.41. The molecule has 0 spiro atoms. The second-order valence-electron chi connectivity index (χ2n) is 4.05. The summed E-state index contributed by atoms with van der Waals surface area (Å²) < 4.78 is 1.48. The molecule has 0 aliphatic carbocycles. The maximum atomic E-state index is 12.0. The number of hydrogen-bond acceptors (Lipinski definition) is 6. The van der Waals surface area contributed by atoms with Gasteiger partial charge >= 0.3 is 0 Å². The second-order valence-corrected chi connectivity index (χ2v) is 4.95. The fraction of sp³-hybridized carbons (Fsp3) is 0.0833. The molecule has 0 unspecified atom stereocenters. The zero-order valence-electron chi connectivity index (χ0n) is 10.1. The first-order chi connectivity index (χ1) is 9.15. The van der Waals surface area contributed by atoms with Crippen molar-refractivity contribution in [1.82, 2.24) is 14.5 Å². The Kier molecular flexibility index (Phi) is 2.68. The van der Waals surface area contributed by atoms with E-state index in [-0.39, 0.29) is 11.4 Å². The topological polar surface area (TPSA) is 85.8 Å². The number of pyridine rings is 2. The third-order valence-electron chi connectivity index (χ3n) is 2.76. The third kappa shape index (κ3) is 2.04. The van der Waals surface area contributed by atoms with Crippen LogP contribution in [0.4, 0.5) is 16.8 Å². The Morgan fingerprint density at radius 2 is 2.32 bits per heavy atom. The summed E-state index contributed by atoms with van der Waals surface area (Å²) in [5.74, 6) is 0.797. The highest BCUT2D eigenvalue weighted by atomic mass is 32.1. The van der Waals surface area contributed by atoms with E-state index in [2.05, 4.69) is 15.3 Å². The smallest absolute Gasteiger partial charge is 0.261 e. The van der Waals surface area contributed by atoms with Crippen molar-refractivity contribution in [3.63, 3.8) is 0 Å². The Bertz CT molecular complexity index is 794. The highest BCUT2D eigenvalue weighted by Crippen LogP contribution is 2.23. The van der Waals surface area contributed by atoms with Crippen molar-refractivity contribution in [1.29, 1.82) is 0 Å². The highest BCUT2D eigenvalue weighted by Gasteiger charge is 2.08. The van der Waals surface area contributed by atoms with Crippen LogP contribution in [0, 0.1) is 0 Å². The number of aryl methyl sites for hydroxylation is 1. The predicted molar refractivity (Wildman–Crippen MR) is 76.8 cm³/mol. The Labute approximate surface area is 112 Å². The van der Waals surface area contributed by atoms with E-state index in [0.717, 1.165) is 10.5 Å². The van der Waals surface area contributed by atoms with Crippen LogP contribution < -0.4 is 16.6 Å². The quantitative estimate of drug-likeness (QED) is 0.742. The van der Waals surface area contributed by atoms with E-state index in [4.69, 9.17) is 5.73 Å². The number of nitrogens with one attached hydrogen (secondary N) is 1. The molecule has 0 aromatic carbocycles. The average molecular weight is 273 g/mol. The van der Waals surface area contributed by atoms with E-state index in [1.165, 1.54) is 15.9 Å². The molecule has 7 heteroatoms. The van der Waals surface area contributed by atoms with Gasteiger partial charge in [0.1, 0.15) is 11.6 Å². The maximum absolute atomic E-state index is 12.0. The minimum absolute atomic E-state index is 0.150. The van der Waals surface area contributed by atoms with E-state index in [9.17, 15) is 4.79 Å². The van der Waals surface area contributed by atoms with Crippen LogP contribution in [0.2, 0.25) is 0 Å². The number of nitrogens with zero attached hydrogens (tertiary/aromatic N) is 3. The number of nitrogen functional groups attached to an aromatic ring is 1. The van der Waals surface area contributed by atoms with Crippen molar-refractivity contribution in [2.45, 2.75) is 0 Å². The molecule has 0 amide bonds. The number of anilines is 3. The molecular formula is C12H11N5OS. The molecule has 3 aromatic rings. The van der Waals surface area contributed by atoms with Gasteiger partial charge in [-0.15, -0.1) is 11.3 Å². The van der Waals surface area contributed by atoms with Gasteiger partial charge < -0.3 is 15.6 Å². The number of thiazole rings is 1. The van der Waals surface area contributed by atoms with Crippen LogP contribution in [-0.4, -0.2) is 14.5 Å². The molecule has 3 rings (SSSR count). The fourth-order valence-electron chi connectivity index (χ4n) is 1.84. The molecule has 3 aromatic heterocycles. The van der Waals surface area contributed by atoms with Crippen LogP contribution >= 0.6 is 11.3 Å². The van der Waals surface area contributed by atoms with Crippen molar-refractivity contribution in [3.05, 3.63) is 40.3 Å². The third-order valence-corrected chi connectivity index (χ3v) is 3.45. The molecule has 0 saturated carbocycles. The van der Waals surface area contributed by atoms with Gasteiger partial charge in [-0.1, -0.05) is 0 Å². The molecule has 6 nitrogen and oxygen atoms in total. The minimum Gasteiger partial charge on any atom is -0.383 e. The number of hydrogen-bond donors (Lipinski definition) is 2. The Morgan fingerprint density at radius 3 is 3.05 bits per heavy atom. The molecular weight excluding hydrogens is 262 g/mol. The molecule has 0 bridgehead atoms. The van der Waals surface area contributed by atoms with E-state index >= 15 is 0 Å². The van der Waals surface area contributed by atoms with Crippen LogP contribution in [-0.2, 0) is 7.05 Å². The first kappa shape index (κ1) is 11.7. The van der Waals surface area contributed by atoms with Crippen LogP contribution in [0.15, 0.2) is 34.7 Å². The van der Waals surface area contributed by atoms with Crippen molar-refractivity contribution in [2.75, 3.05) is 11.1 Å². The zero-order valence-corrected chi connectivity index (χ0v) is 10.9. The summed E-state index contributed by atoms with van der Waals surface area (Å²) in [6.45, 7) is 0. The SMILES string of the molecule is Cn1ccc2cc(Nc3nccs3)nc(N)c2c1=O.